The van der Waals surface area contributed by atoms with E-state index >= 15 is 8.78 Å². The highest BCUT2D eigenvalue weighted by Crippen LogP contribution is 2.43. The number of aromatic nitrogens is 2. The van der Waals surface area contributed by atoms with E-state index < -0.39 is 27.3 Å². The molecule has 5 rings (SSSR count). The lowest BCUT2D eigenvalue weighted by Crippen LogP contribution is -2.36. The van der Waals surface area contributed by atoms with Gasteiger partial charge in [0.05, 0.1) is 61.9 Å². The minimum Gasteiger partial charge on any atom is -0.495 e. The molecule has 45 heavy (non-hydrogen) atoms. The molecular formula is C33H36ClF3N3O3S2+. The van der Waals surface area contributed by atoms with Crippen molar-refractivity contribution in [1.29, 1.82) is 0 Å². The third-order valence-corrected chi connectivity index (χ3v) is 11.0. The van der Waals surface area contributed by atoms with Gasteiger partial charge in [0.2, 0.25) is 0 Å². The predicted octanol–water partition coefficient (Wildman–Crippen LogP) is 7.58. The smallest absolute Gasteiger partial charge is 0.178 e. The summed E-state index contributed by atoms with van der Waals surface area (Å²) in [4.78, 5) is 4.54. The summed E-state index contributed by atoms with van der Waals surface area (Å²) in [5.74, 6) is -2.10. The molecule has 0 bridgehead atoms. The fourth-order valence-corrected chi connectivity index (χ4v) is 8.20. The molecule has 1 aromatic heterocycles. The molecule has 6 nitrogen and oxygen atoms in total. The fourth-order valence-electron chi connectivity index (χ4n) is 5.64. The molecule has 1 heterocycles. The van der Waals surface area contributed by atoms with E-state index in [0.717, 1.165) is 53.7 Å². The van der Waals surface area contributed by atoms with Crippen LogP contribution in [-0.2, 0) is 22.0 Å². The van der Waals surface area contributed by atoms with Crippen molar-refractivity contribution >= 4 is 33.2 Å². The van der Waals surface area contributed by atoms with Crippen molar-refractivity contribution < 1.29 is 30.8 Å². The number of quaternary nitrogens is 1. The van der Waals surface area contributed by atoms with E-state index in [2.05, 4.69) is 0 Å². The number of benzene rings is 3. The first-order valence-electron chi connectivity index (χ1n) is 14.6. The third kappa shape index (κ3) is 7.53. The van der Waals surface area contributed by atoms with Crippen LogP contribution in [0.1, 0.15) is 47.7 Å². The maximum atomic E-state index is 15.3. The van der Waals surface area contributed by atoms with Gasteiger partial charge in [-0.1, -0.05) is 29.4 Å². The zero-order valence-corrected chi connectivity index (χ0v) is 28.0. The normalized spacial score (nSPS) is 15.2. The number of hydrogen-bond acceptors (Lipinski definition) is 5. The van der Waals surface area contributed by atoms with Crippen molar-refractivity contribution in [2.45, 2.75) is 47.4 Å². The second-order valence-corrected chi connectivity index (χ2v) is 15.7. The highest BCUT2D eigenvalue weighted by molar-refractivity contribution is 7.98. The van der Waals surface area contributed by atoms with Crippen LogP contribution < -0.4 is 4.74 Å². The number of thioether (sulfide) groups is 1. The summed E-state index contributed by atoms with van der Waals surface area (Å²) in [6, 6.07) is 13.5. The quantitative estimate of drug-likeness (QED) is 0.121. The fraction of sp³-hybridized carbons (Fsp3) is 0.364. The Balaban J connectivity index is 1.48. The number of hydrogen-bond donors (Lipinski definition) is 0. The van der Waals surface area contributed by atoms with Gasteiger partial charge >= 0.3 is 0 Å². The van der Waals surface area contributed by atoms with Crippen LogP contribution in [0.25, 0.3) is 5.69 Å². The second-order valence-electron chi connectivity index (χ2n) is 12.2. The van der Waals surface area contributed by atoms with Crippen molar-refractivity contribution in [3.63, 3.8) is 0 Å². The zero-order valence-electron chi connectivity index (χ0n) is 25.6. The second kappa shape index (κ2) is 13.4. The van der Waals surface area contributed by atoms with Crippen LogP contribution in [-0.4, -0.2) is 63.0 Å². The molecule has 0 aliphatic heterocycles. The lowest BCUT2D eigenvalue weighted by molar-refractivity contribution is -0.870. The van der Waals surface area contributed by atoms with Gasteiger partial charge < -0.3 is 9.22 Å². The van der Waals surface area contributed by atoms with Crippen molar-refractivity contribution in [2.75, 3.05) is 40.6 Å². The van der Waals surface area contributed by atoms with Crippen LogP contribution in [0.3, 0.4) is 0 Å². The van der Waals surface area contributed by atoms with Crippen molar-refractivity contribution in [1.82, 2.24) is 9.55 Å². The highest BCUT2D eigenvalue weighted by atomic mass is 35.5. The van der Waals surface area contributed by atoms with E-state index in [-0.39, 0.29) is 27.9 Å². The summed E-state index contributed by atoms with van der Waals surface area (Å²) < 4.78 is 78.3. The van der Waals surface area contributed by atoms with Gasteiger partial charge in [0.15, 0.2) is 15.0 Å². The van der Waals surface area contributed by atoms with Crippen LogP contribution in [0, 0.1) is 17.5 Å². The van der Waals surface area contributed by atoms with Gasteiger partial charge in [-0.05, 0) is 73.4 Å². The summed E-state index contributed by atoms with van der Waals surface area (Å²) in [5.41, 5.74) is 3.17. The molecule has 1 aliphatic carbocycles. The number of sulfone groups is 1. The predicted molar refractivity (Wildman–Crippen MR) is 172 cm³/mol. The molecule has 0 saturated carbocycles. The van der Waals surface area contributed by atoms with E-state index in [1.807, 2.05) is 37.8 Å². The Morgan fingerprint density at radius 3 is 2.38 bits per heavy atom. The standard InChI is InChI=1S/C33H36ClF3N3O3S2/c1-40(2,3)15-6-16-45(41,42)24-18-28(36)26(29(37)19-24)20-44-33-38-30-8-5-7-25(21-9-14-27(34)31(17-21)43-4)32(30)39(33)23-12-10-22(35)11-13-23/h9-14,17-19,25H,5-8,15-16,20H2,1-4H3/q+1. The van der Waals surface area contributed by atoms with Gasteiger partial charge in [-0.2, -0.15) is 0 Å². The first-order valence-corrected chi connectivity index (χ1v) is 17.6. The number of aryl methyl sites for hydroxylation is 1. The van der Waals surface area contributed by atoms with Gasteiger partial charge in [-0.3, -0.25) is 4.57 Å². The maximum absolute atomic E-state index is 15.3. The molecule has 0 spiro atoms. The first-order chi connectivity index (χ1) is 21.3. The van der Waals surface area contributed by atoms with Crippen LogP contribution in [0.15, 0.2) is 64.6 Å². The molecule has 0 amide bonds. The molecule has 1 unspecified atom stereocenters. The van der Waals surface area contributed by atoms with Gasteiger partial charge in [0.25, 0.3) is 0 Å². The summed E-state index contributed by atoms with van der Waals surface area (Å²) >= 11 is 7.44. The molecule has 0 saturated heterocycles. The number of imidazole rings is 1. The molecule has 1 aliphatic rings. The molecule has 240 valence electrons. The minimum absolute atomic E-state index is 0.0816. The van der Waals surface area contributed by atoms with Gasteiger partial charge in [0.1, 0.15) is 23.2 Å². The van der Waals surface area contributed by atoms with E-state index in [4.69, 9.17) is 21.3 Å². The molecule has 0 N–H and O–H groups in total. The molecule has 4 aromatic rings. The number of nitrogens with zero attached hydrogens (tertiary/aromatic N) is 3. The van der Waals surface area contributed by atoms with Gasteiger partial charge in [-0.15, -0.1) is 0 Å². The summed E-state index contributed by atoms with van der Waals surface area (Å²) in [7, 11) is 3.54. The number of halogens is 4. The van der Waals surface area contributed by atoms with Crippen molar-refractivity contribution in [3.05, 3.63) is 99.6 Å². The Labute approximate surface area is 271 Å². The Bertz CT molecular complexity index is 1780. The summed E-state index contributed by atoms with van der Waals surface area (Å²) in [6.45, 7) is 0.607. The molecular weight excluding hydrogens is 643 g/mol. The van der Waals surface area contributed by atoms with E-state index in [1.54, 1.807) is 25.3 Å². The lowest BCUT2D eigenvalue weighted by Gasteiger charge is -2.26. The molecule has 3 aromatic carbocycles. The van der Waals surface area contributed by atoms with Crippen LogP contribution in [0.5, 0.6) is 5.75 Å². The Morgan fingerprint density at radius 2 is 1.73 bits per heavy atom. The third-order valence-electron chi connectivity index (χ3n) is 7.92. The zero-order chi connectivity index (χ0) is 32.5. The molecule has 0 fully saturated rings. The average molecular weight is 679 g/mol. The van der Waals surface area contributed by atoms with Crippen LogP contribution in [0.2, 0.25) is 5.02 Å². The summed E-state index contributed by atoms with van der Waals surface area (Å²) in [6.07, 6.45) is 2.78. The average Bonchev–Trinajstić information content (AvgIpc) is 3.35. The van der Waals surface area contributed by atoms with Gasteiger partial charge in [0, 0.05) is 29.3 Å². The topological polar surface area (TPSA) is 61.2 Å². The number of methoxy groups -OCH3 is 1. The monoisotopic (exact) mass is 678 g/mol. The lowest BCUT2D eigenvalue weighted by atomic mass is 9.84. The highest BCUT2D eigenvalue weighted by Gasteiger charge is 2.31. The molecule has 0 radical (unpaired) electrons. The summed E-state index contributed by atoms with van der Waals surface area (Å²) in [5, 5.41) is 0.989. The number of ether oxygens (including phenoxy) is 1. The largest absolute Gasteiger partial charge is 0.495 e. The Morgan fingerprint density at radius 1 is 1.04 bits per heavy atom. The van der Waals surface area contributed by atoms with Crippen LogP contribution in [0.4, 0.5) is 13.2 Å². The van der Waals surface area contributed by atoms with E-state index in [0.29, 0.717) is 45.5 Å². The first kappa shape index (κ1) is 33.4. The molecule has 12 heteroatoms. The number of fused-ring (bicyclic) bond motifs is 1. The van der Waals surface area contributed by atoms with Gasteiger partial charge in [-0.25, -0.2) is 26.6 Å². The Kier molecular flexibility index (Phi) is 9.93. The molecule has 1 atom stereocenters. The SMILES string of the molecule is COc1cc(C2CCCc3nc(SCc4c(F)cc(S(=O)(=O)CCC[N+](C)(C)C)cc4F)n(-c4ccc(F)cc4)c32)ccc1Cl. The van der Waals surface area contributed by atoms with E-state index in [9.17, 15) is 12.8 Å². The Hall–Kier alpha value is -2.99. The van der Waals surface area contributed by atoms with Crippen molar-refractivity contribution in [3.8, 4) is 11.4 Å². The minimum atomic E-state index is -3.86. The van der Waals surface area contributed by atoms with E-state index in [1.165, 1.54) is 12.1 Å². The number of rotatable bonds is 11. The maximum Gasteiger partial charge on any atom is 0.178 e. The van der Waals surface area contributed by atoms with Crippen molar-refractivity contribution in [2.24, 2.45) is 0 Å². The van der Waals surface area contributed by atoms with Crippen LogP contribution >= 0.6 is 23.4 Å².